The summed E-state index contributed by atoms with van der Waals surface area (Å²) in [6, 6.07) is 4.70. The summed E-state index contributed by atoms with van der Waals surface area (Å²) in [5.41, 5.74) is 4.11. The molecule has 2 aromatic heterocycles. The van der Waals surface area contributed by atoms with Crippen molar-refractivity contribution < 1.29 is 9.37 Å². The third-order valence-electron chi connectivity index (χ3n) is 2.94. The molecule has 4 nitrogen and oxygen atoms in total. The lowest BCUT2D eigenvalue weighted by molar-refractivity contribution is -0.347. The van der Waals surface area contributed by atoms with E-state index in [0.717, 1.165) is 28.0 Å². The van der Waals surface area contributed by atoms with Crippen LogP contribution >= 0.6 is 11.8 Å². The number of imidazole rings is 1. The van der Waals surface area contributed by atoms with Gasteiger partial charge in [0, 0.05) is 5.56 Å². The smallest absolute Gasteiger partial charge is 0.272 e. The van der Waals surface area contributed by atoms with E-state index in [1.165, 1.54) is 23.9 Å². The molecule has 0 radical (unpaired) electrons. The fraction of sp³-hybridized carbons (Fsp3) is 0.154. The van der Waals surface area contributed by atoms with E-state index in [-0.39, 0.29) is 5.82 Å². The van der Waals surface area contributed by atoms with Crippen LogP contribution in [0.5, 0.6) is 0 Å². The Kier molecular flexibility index (Phi) is 2.94. The number of rotatable bonds is 2. The van der Waals surface area contributed by atoms with Crippen molar-refractivity contribution in [3.8, 4) is 11.3 Å². The fourth-order valence-electron chi connectivity index (χ4n) is 2.04. The summed E-state index contributed by atoms with van der Waals surface area (Å²) in [7, 11) is 0. The number of aryl methyl sites for hydroxylation is 1. The van der Waals surface area contributed by atoms with E-state index in [1.807, 2.05) is 13.2 Å². The summed E-state index contributed by atoms with van der Waals surface area (Å²) >= 11 is 1.47. The first-order chi connectivity index (χ1) is 9.19. The molecule has 0 atom stereocenters. The van der Waals surface area contributed by atoms with Crippen LogP contribution in [0.4, 0.5) is 4.39 Å². The Bertz CT molecular complexity index is 753. The van der Waals surface area contributed by atoms with Crippen LogP contribution < -0.4 is 4.98 Å². The van der Waals surface area contributed by atoms with Crippen LogP contribution in [0.1, 0.15) is 5.56 Å². The summed E-state index contributed by atoms with van der Waals surface area (Å²) in [5.74, 6) is -0.241. The minimum absolute atomic E-state index is 0.241. The number of fused-ring (bicyclic) bond motifs is 1. The van der Waals surface area contributed by atoms with Crippen LogP contribution in [-0.2, 0) is 0 Å². The zero-order valence-electron chi connectivity index (χ0n) is 10.5. The molecule has 0 bridgehead atoms. The Morgan fingerprint density at radius 1 is 1.32 bits per heavy atom. The van der Waals surface area contributed by atoms with Crippen LogP contribution in [0.25, 0.3) is 22.4 Å². The molecule has 2 heterocycles. The van der Waals surface area contributed by atoms with Crippen molar-refractivity contribution >= 4 is 22.9 Å². The molecule has 0 aliphatic rings. The van der Waals surface area contributed by atoms with Crippen molar-refractivity contribution in [2.24, 2.45) is 0 Å². The van der Waals surface area contributed by atoms with E-state index in [4.69, 9.17) is 0 Å². The molecule has 2 N–H and O–H groups in total. The van der Waals surface area contributed by atoms with Crippen molar-refractivity contribution in [3.05, 3.63) is 35.9 Å². The SMILES string of the molecule is CSc1nc(-c2ccc(F)cc2C)c2[nH]c[nH+]c2n1. The van der Waals surface area contributed by atoms with E-state index < -0.39 is 0 Å². The Labute approximate surface area is 113 Å². The highest BCUT2D eigenvalue weighted by Gasteiger charge is 2.18. The Balaban J connectivity index is 2.31. The first-order valence-electron chi connectivity index (χ1n) is 5.76. The first kappa shape index (κ1) is 12.1. The quantitative estimate of drug-likeness (QED) is 0.578. The molecule has 0 aliphatic heterocycles. The van der Waals surface area contributed by atoms with Crippen molar-refractivity contribution in [1.29, 1.82) is 0 Å². The van der Waals surface area contributed by atoms with E-state index in [2.05, 4.69) is 19.9 Å². The first-order valence-corrected chi connectivity index (χ1v) is 6.99. The molecule has 0 spiro atoms. The number of hydrogen-bond donors (Lipinski definition) is 1. The van der Waals surface area contributed by atoms with Gasteiger partial charge in [0.2, 0.25) is 0 Å². The van der Waals surface area contributed by atoms with Gasteiger partial charge in [-0.15, -0.1) is 0 Å². The molecule has 0 amide bonds. The number of thioether (sulfide) groups is 1. The number of benzene rings is 1. The fourth-order valence-corrected chi connectivity index (χ4v) is 2.40. The zero-order valence-corrected chi connectivity index (χ0v) is 11.3. The minimum Gasteiger partial charge on any atom is -0.272 e. The summed E-state index contributed by atoms with van der Waals surface area (Å²) in [5, 5.41) is 0.682. The maximum atomic E-state index is 13.2. The Morgan fingerprint density at radius 3 is 2.89 bits per heavy atom. The lowest BCUT2D eigenvalue weighted by Crippen LogP contribution is -2.01. The summed E-state index contributed by atoms with van der Waals surface area (Å²) in [6.07, 6.45) is 3.64. The van der Waals surface area contributed by atoms with Gasteiger partial charge in [-0.05, 0) is 36.9 Å². The topological polar surface area (TPSA) is 55.7 Å². The average Bonchev–Trinajstić information content (AvgIpc) is 2.86. The number of aromatic amines is 2. The van der Waals surface area contributed by atoms with Crippen molar-refractivity contribution in [1.82, 2.24) is 15.0 Å². The lowest BCUT2D eigenvalue weighted by Gasteiger charge is -2.05. The van der Waals surface area contributed by atoms with E-state index in [0.29, 0.717) is 5.16 Å². The zero-order chi connectivity index (χ0) is 13.4. The van der Waals surface area contributed by atoms with Gasteiger partial charge in [-0.3, -0.25) is 4.98 Å². The average molecular weight is 275 g/mol. The molecule has 1 aromatic carbocycles. The minimum atomic E-state index is -0.241. The molecule has 3 rings (SSSR count). The van der Waals surface area contributed by atoms with E-state index in [9.17, 15) is 4.39 Å². The molecule has 0 unspecified atom stereocenters. The van der Waals surface area contributed by atoms with Gasteiger partial charge in [-0.1, -0.05) is 16.7 Å². The van der Waals surface area contributed by atoms with Crippen LogP contribution in [-0.4, -0.2) is 21.2 Å². The van der Waals surface area contributed by atoms with Gasteiger partial charge in [-0.25, -0.2) is 14.4 Å². The lowest BCUT2D eigenvalue weighted by atomic mass is 10.0. The van der Waals surface area contributed by atoms with Gasteiger partial charge in [0.1, 0.15) is 11.5 Å². The highest BCUT2D eigenvalue weighted by Crippen LogP contribution is 2.28. The third kappa shape index (κ3) is 2.08. The molecule has 0 saturated heterocycles. The van der Waals surface area contributed by atoms with Crippen molar-refractivity contribution in [2.45, 2.75) is 12.1 Å². The maximum Gasteiger partial charge on any atom is 0.304 e. The molecule has 3 aromatic rings. The summed E-state index contributed by atoms with van der Waals surface area (Å²) in [6.45, 7) is 1.87. The van der Waals surface area contributed by atoms with Crippen molar-refractivity contribution in [2.75, 3.05) is 6.26 Å². The van der Waals surface area contributed by atoms with Crippen LogP contribution in [0.3, 0.4) is 0 Å². The molecule has 0 saturated carbocycles. The monoisotopic (exact) mass is 275 g/mol. The largest absolute Gasteiger partial charge is 0.304 e. The molecule has 6 heteroatoms. The molecule has 96 valence electrons. The number of aromatic nitrogens is 4. The van der Waals surface area contributed by atoms with E-state index >= 15 is 0 Å². The van der Waals surface area contributed by atoms with Gasteiger partial charge < -0.3 is 0 Å². The molecule has 0 fully saturated rings. The number of hydrogen-bond acceptors (Lipinski definition) is 3. The van der Waals surface area contributed by atoms with Gasteiger partial charge in [0.25, 0.3) is 5.16 Å². The summed E-state index contributed by atoms with van der Waals surface area (Å²) in [4.78, 5) is 15.0. The molecule has 19 heavy (non-hydrogen) atoms. The van der Waals surface area contributed by atoms with Gasteiger partial charge in [0.05, 0.1) is 0 Å². The third-order valence-corrected chi connectivity index (χ3v) is 3.49. The second-order valence-electron chi connectivity index (χ2n) is 4.17. The van der Waals surface area contributed by atoms with Crippen LogP contribution in [0.15, 0.2) is 29.7 Å². The molecule has 0 aliphatic carbocycles. The van der Waals surface area contributed by atoms with Gasteiger partial charge in [-0.2, -0.15) is 0 Å². The number of nitrogens with zero attached hydrogens (tertiary/aromatic N) is 2. The maximum absolute atomic E-state index is 13.2. The predicted molar refractivity (Wildman–Crippen MR) is 72.4 cm³/mol. The normalized spacial score (nSPS) is 11.1. The van der Waals surface area contributed by atoms with Crippen LogP contribution in [0.2, 0.25) is 0 Å². The van der Waals surface area contributed by atoms with E-state index in [1.54, 1.807) is 12.4 Å². The van der Waals surface area contributed by atoms with Gasteiger partial charge >= 0.3 is 5.65 Å². The highest BCUT2D eigenvalue weighted by atomic mass is 32.2. The number of nitrogens with one attached hydrogen (secondary N) is 2. The van der Waals surface area contributed by atoms with Crippen molar-refractivity contribution in [3.63, 3.8) is 0 Å². The predicted octanol–water partition coefficient (Wildman–Crippen LogP) is 2.61. The highest BCUT2D eigenvalue weighted by molar-refractivity contribution is 7.98. The number of halogens is 1. The Morgan fingerprint density at radius 2 is 2.16 bits per heavy atom. The number of H-pyrrole nitrogens is 2. The van der Waals surface area contributed by atoms with Gasteiger partial charge in [0.15, 0.2) is 11.8 Å². The second kappa shape index (κ2) is 4.62. The molecular formula is C13H12FN4S+. The molecular weight excluding hydrogens is 263 g/mol. The second-order valence-corrected chi connectivity index (χ2v) is 4.95. The summed E-state index contributed by atoms with van der Waals surface area (Å²) < 4.78 is 13.2. The Hall–Kier alpha value is -1.95. The standard InChI is InChI=1S/C13H11FN4S/c1-7-5-8(14)3-4-9(7)10-11-12(16-6-15-11)18-13(17-10)19-2/h3-6H,1-2H3,(H,15,16,17,18)/p+1. The van der Waals surface area contributed by atoms with Crippen LogP contribution in [0, 0.1) is 12.7 Å².